The van der Waals surface area contributed by atoms with Crippen molar-refractivity contribution in [3.8, 4) is 17.1 Å². The van der Waals surface area contributed by atoms with Crippen molar-refractivity contribution in [3.63, 3.8) is 0 Å². The van der Waals surface area contributed by atoms with Crippen molar-refractivity contribution in [1.82, 2.24) is 28.2 Å². The minimum absolute atomic E-state index is 0.00791. The number of unbranched alkanes of at least 4 members (excludes halogenated alkanes) is 2. The second-order valence-electron chi connectivity index (χ2n) is 16.8. The molecule has 0 spiro atoms. The third-order valence-electron chi connectivity index (χ3n) is 11.7. The second kappa shape index (κ2) is 23.2. The first-order valence-electron chi connectivity index (χ1n) is 22.5. The van der Waals surface area contributed by atoms with Crippen LogP contribution in [-0.4, -0.2) is 104 Å². The number of piperazine rings is 2. The predicted molar refractivity (Wildman–Crippen MR) is 269 cm³/mol. The molecule has 4 aromatic carbocycles. The monoisotopic (exact) mass is 1050 g/mol. The molecule has 24 heteroatoms. The molecule has 2 fully saturated rings. The molecular formula is C48H51ClF4N10O7S2. The Bertz CT molecular complexity index is 3200. The van der Waals surface area contributed by atoms with Gasteiger partial charge in [0.2, 0.25) is 25.8 Å². The Morgan fingerprint density at radius 1 is 0.597 bits per heavy atom. The summed E-state index contributed by atoms with van der Waals surface area (Å²) in [5, 5.41) is 7.98. The lowest BCUT2D eigenvalue weighted by Crippen LogP contribution is -2.49. The molecule has 0 aliphatic carbocycles. The summed E-state index contributed by atoms with van der Waals surface area (Å²) < 4.78 is 117. The van der Waals surface area contributed by atoms with E-state index in [2.05, 4.69) is 16.8 Å². The van der Waals surface area contributed by atoms with Crippen LogP contribution in [0.1, 0.15) is 30.4 Å². The number of hydrogen-bond donors (Lipinski definition) is 2. The fourth-order valence-corrected chi connectivity index (χ4v) is 11.2. The summed E-state index contributed by atoms with van der Waals surface area (Å²) in [6, 6.07) is 18.7. The molecule has 0 bridgehead atoms. The normalized spacial score (nSPS) is 14.7. The van der Waals surface area contributed by atoms with E-state index in [0.717, 1.165) is 46.5 Å². The van der Waals surface area contributed by atoms with E-state index in [1.165, 1.54) is 21.0 Å². The van der Waals surface area contributed by atoms with Crippen LogP contribution in [-0.2, 0) is 31.6 Å². The van der Waals surface area contributed by atoms with Gasteiger partial charge in [0, 0.05) is 75.9 Å². The minimum Gasteiger partial charge on any atom is -0.486 e. The van der Waals surface area contributed by atoms with Crippen LogP contribution < -0.4 is 37.1 Å². The lowest BCUT2D eigenvalue weighted by Gasteiger charge is -2.35. The highest BCUT2D eigenvalue weighted by Crippen LogP contribution is 2.28. The molecule has 2 aromatic heterocycles. The molecule has 0 amide bonds. The number of sulfonamides is 2. The summed E-state index contributed by atoms with van der Waals surface area (Å²) in [4.78, 5) is 29.7. The Morgan fingerprint density at radius 2 is 1.00 bits per heavy atom. The van der Waals surface area contributed by atoms with Crippen LogP contribution >= 0.6 is 11.6 Å². The quantitative estimate of drug-likeness (QED) is 0.0503. The lowest BCUT2D eigenvalue weighted by atomic mass is 10.2. The molecule has 4 N–H and O–H groups in total. The van der Waals surface area contributed by atoms with E-state index in [4.69, 9.17) is 27.8 Å². The van der Waals surface area contributed by atoms with Crippen molar-refractivity contribution < 1.29 is 39.1 Å². The number of nitrogen functional groups attached to an aromatic ring is 2. The van der Waals surface area contributed by atoms with Crippen LogP contribution in [0.3, 0.4) is 0 Å². The van der Waals surface area contributed by atoms with Gasteiger partial charge in [0.15, 0.2) is 0 Å². The van der Waals surface area contributed by atoms with Crippen LogP contribution in [0.15, 0.2) is 120 Å². The first-order valence-corrected chi connectivity index (χ1v) is 26.1. The average molecular weight is 1060 g/mol. The molecular weight excluding hydrogens is 1000 g/mol. The summed E-state index contributed by atoms with van der Waals surface area (Å²) in [6.07, 6.45) is 6.81. The van der Waals surface area contributed by atoms with Gasteiger partial charge in [-0.15, -0.1) is 6.58 Å². The molecule has 4 heterocycles. The van der Waals surface area contributed by atoms with Crippen molar-refractivity contribution in [2.24, 2.45) is 0 Å². The minimum atomic E-state index is -3.57. The predicted octanol–water partition coefficient (Wildman–Crippen LogP) is 5.88. The molecule has 0 saturated carbocycles. The van der Waals surface area contributed by atoms with Crippen LogP contribution in [0, 0.1) is 23.3 Å². The molecule has 382 valence electrons. The van der Waals surface area contributed by atoms with Gasteiger partial charge in [-0.05, 0) is 78.9 Å². The van der Waals surface area contributed by atoms with Crippen LogP contribution in [0.4, 0.5) is 40.3 Å². The summed E-state index contributed by atoms with van der Waals surface area (Å²) in [7, 11) is -7.12. The van der Waals surface area contributed by atoms with Gasteiger partial charge in [-0.3, -0.25) is 9.59 Å². The highest BCUT2D eigenvalue weighted by atomic mass is 35.5. The summed E-state index contributed by atoms with van der Waals surface area (Å²) >= 11 is 6.26. The van der Waals surface area contributed by atoms with Gasteiger partial charge in [0.05, 0.1) is 47.6 Å². The van der Waals surface area contributed by atoms with Crippen molar-refractivity contribution in [3.05, 3.63) is 170 Å². The molecule has 8 rings (SSSR count). The summed E-state index contributed by atoms with van der Waals surface area (Å²) in [5.41, 5.74) is 12.9. The van der Waals surface area contributed by atoms with Gasteiger partial charge in [-0.25, -0.2) is 34.4 Å². The number of anilines is 4. The van der Waals surface area contributed by atoms with Crippen molar-refractivity contribution in [2.45, 2.75) is 30.8 Å². The largest absolute Gasteiger partial charge is 0.486 e. The first-order chi connectivity index (χ1) is 34.3. The number of benzene rings is 4. The molecule has 2 aliphatic rings. The number of nitrogens with zero attached hydrogens (tertiary/aromatic N) is 8. The average Bonchev–Trinajstić information content (AvgIpc) is 3.33. The van der Waals surface area contributed by atoms with Crippen LogP contribution in [0.2, 0.25) is 5.02 Å². The molecule has 72 heavy (non-hydrogen) atoms. The maximum Gasteiger partial charge on any atom is 0.316 e. The molecule has 0 unspecified atom stereocenters. The SMILES string of the molecule is C=CCCCCOc1c(N2CCN(S(=O)(=O)Cc3ccc(N)cc3)CC2)cnn(-c2cc(F)cc(F)c2)c1=O.Nc1ccc(CS(=O)(=O)N2CCN(c3cnn(-c4cc(F)cc(F)c4)c(=O)c3Cl)CC2)cc1. The number of hydrogen-bond acceptors (Lipinski definition) is 13. The number of ether oxygens (including phenoxy) is 1. The van der Waals surface area contributed by atoms with E-state index in [-0.39, 0.29) is 66.4 Å². The third-order valence-corrected chi connectivity index (χ3v) is 15.7. The molecule has 2 saturated heterocycles. The maximum atomic E-state index is 13.8. The Balaban J connectivity index is 0.000000214. The smallest absolute Gasteiger partial charge is 0.316 e. The van der Waals surface area contributed by atoms with E-state index in [1.54, 1.807) is 59.5 Å². The molecule has 0 atom stereocenters. The number of halogens is 5. The summed E-state index contributed by atoms with van der Waals surface area (Å²) in [6.45, 7) is 5.92. The maximum absolute atomic E-state index is 13.8. The molecule has 2 aliphatic heterocycles. The van der Waals surface area contributed by atoms with Crippen LogP contribution in [0.25, 0.3) is 11.4 Å². The van der Waals surface area contributed by atoms with E-state index in [9.17, 15) is 44.0 Å². The number of aromatic nitrogens is 4. The fourth-order valence-electron chi connectivity index (χ4n) is 7.94. The Labute approximate surface area is 418 Å². The van der Waals surface area contributed by atoms with Crippen molar-refractivity contribution in [1.29, 1.82) is 0 Å². The van der Waals surface area contributed by atoms with E-state index in [0.29, 0.717) is 78.6 Å². The second-order valence-corrected chi connectivity index (χ2v) is 21.1. The zero-order valence-electron chi connectivity index (χ0n) is 38.7. The Morgan fingerprint density at radius 3 is 1.43 bits per heavy atom. The zero-order valence-corrected chi connectivity index (χ0v) is 41.1. The lowest BCUT2D eigenvalue weighted by molar-refractivity contribution is 0.299. The molecule has 6 aromatic rings. The van der Waals surface area contributed by atoms with E-state index >= 15 is 0 Å². The number of allylic oxidation sites excluding steroid dienone is 1. The zero-order chi connectivity index (χ0) is 51.7. The van der Waals surface area contributed by atoms with E-state index in [1.807, 2.05) is 4.90 Å². The standard InChI is InChI=1S/C27H31F2N5O4S.C21H20ClF2N5O3S/c1-2-3-4-5-14-38-26-25(18-31-34(27(26)35)24-16-21(28)15-22(29)17-24)32-10-12-33(13-11-32)39(36,37)19-20-6-8-23(30)9-7-20;22-20-19(12-26-29(21(20)30)18-10-15(23)9-16(24)11-18)27-5-7-28(8-6-27)33(31,32)13-14-1-3-17(25)4-2-14/h2,6-9,15-18H,1,3-5,10-14,19,30H2;1-4,9-12H,5-8,13,25H2. The van der Waals surface area contributed by atoms with Crippen molar-refractivity contribution >= 4 is 54.4 Å². The fraction of sp³-hybridized carbons (Fsp3) is 0.292. The van der Waals surface area contributed by atoms with Gasteiger partial charge in [0.25, 0.3) is 5.56 Å². The molecule has 17 nitrogen and oxygen atoms in total. The van der Waals surface area contributed by atoms with Crippen LogP contribution in [0.5, 0.6) is 5.75 Å². The topological polar surface area (TPSA) is 212 Å². The van der Waals surface area contributed by atoms with Crippen molar-refractivity contribution in [2.75, 3.05) is 80.2 Å². The highest BCUT2D eigenvalue weighted by molar-refractivity contribution is 7.88. The Hall–Kier alpha value is -6.79. The highest BCUT2D eigenvalue weighted by Gasteiger charge is 2.31. The number of rotatable bonds is 16. The number of nitrogens with two attached hydrogens (primary N) is 2. The van der Waals surface area contributed by atoms with Gasteiger partial charge in [-0.1, -0.05) is 41.9 Å². The van der Waals surface area contributed by atoms with E-state index < -0.39 is 54.4 Å². The third kappa shape index (κ3) is 13.2. The molecule has 0 radical (unpaired) electrons. The van der Waals surface area contributed by atoms with Gasteiger partial charge >= 0.3 is 5.56 Å². The summed E-state index contributed by atoms with van der Waals surface area (Å²) in [5.74, 6) is -3.68. The Kier molecular flexibility index (Phi) is 17.1. The van der Waals surface area contributed by atoms with Gasteiger partial charge < -0.3 is 26.0 Å². The first kappa shape index (κ1) is 53.0. The van der Waals surface area contributed by atoms with Gasteiger partial charge in [-0.2, -0.15) is 28.2 Å². The van der Waals surface area contributed by atoms with Gasteiger partial charge in [0.1, 0.15) is 34.0 Å².